The molecule has 11 aromatic carbocycles. The van der Waals surface area contributed by atoms with E-state index in [1.54, 1.807) is 0 Å². The summed E-state index contributed by atoms with van der Waals surface area (Å²) >= 11 is 0. The van der Waals surface area contributed by atoms with E-state index in [9.17, 15) is 0 Å². The van der Waals surface area contributed by atoms with Gasteiger partial charge in [0.25, 0.3) is 0 Å². The van der Waals surface area contributed by atoms with Crippen molar-refractivity contribution in [3.8, 4) is 67.3 Å². The molecule has 0 saturated heterocycles. The average molecular weight is 1070 g/mol. The molecule has 0 spiro atoms. The predicted molar refractivity (Wildman–Crippen MR) is 350 cm³/mol. The summed E-state index contributed by atoms with van der Waals surface area (Å²) in [6.07, 6.45) is 3.71. The molecule has 0 radical (unpaired) electrons. The van der Waals surface area contributed by atoms with Crippen LogP contribution in [0.25, 0.3) is 165 Å². The first-order valence-corrected chi connectivity index (χ1v) is 28.3. The second-order valence-electron chi connectivity index (χ2n) is 21.4. The minimum atomic E-state index is 0.964. The van der Waals surface area contributed by atoms with Crippen molar-refractivity contribution in [2.45, 2.75) is 0 Å². The molecule has 0 fully saturated rings. The van der Waals surface area contributed by atoms with Crippen molar-refractivity contribution in [2.24, 2.45) is 0 Å². The van der Waals surface area contributed by atoms with E-state index in [-0.39, 0.29) is 0 Å². The molecular weight excluding hydrogens is 1020 g/mol. The number of nitrogens with zero attached hydrogens (tertiary/aromatic N) is 6. The Morgan fingerprint density at radius 3 is 1.04 bits per heavy atom. The topological polar surface area (TPSA) is 77.3 Å². The summed E-state index contributed by atoms with van der Waals surface area (Å²) in [6.45, 7) is 0. The van der Waals surface area contributed by atoms with Gasteiger partial charge < -0.3 is 0 Å². The summed E-state index contributed by atoms with van der Waals surface area (Å²) in [5.74, 6) is 0. The van der Waals surface area contributed by atoms with E-state index in [2.05, 4.69) is 259 Å². The molecule has 0 aliphatic heterocycles. The number of hydrogen-bond acceptors (Lipinski definition) is 6. The van der Waals surface area contributed by atoms with E-state index in [0.717, 1.165) is 143 Å². The quantitative estimate of drug-likeness (QED) is 0.154. The van der Waals surface area contributed by atoms with Crippen LogP contribution < -0.4 is 0 Å². The number of rotatable bonds is 6. The molecule has 0 N–H and O–H groups in total. The molecule has 6 heteroatoms. The zero-order valence-electron chi connectivity index (χ0n) is 45.4. The lowest BCUT2D eigenvalue weighted by atomic mass is 9.97. The Morgan fingerprint density at radius 2 is 0.560 bits per heavy atom. The van der Waals surface area contributed by atoms with Gasteiger partial charge in [-0.15, -0.1) is 0 Å². The van der Waals surface area contributed by atoms with Gasteiger partial charge in [-0.3, -0.25) is 9.97 Å². The van der Waals surface area contributed by atoms with Gasteiger partial charge in [-0.25, -0.2) is 19.9 Å². The molecule has 0 bridgehead atoms. The minimum Gasteiger partial charge on any atom is -0.256 e. The third kappa shape index (κ3) is 8.78. The van der Waals surface area contributed by atoms with Crippen LogP contribution >= 0.6 is 0 Å². The molecule has 17 aromatic rings. The van der Waals surface area contributed by atoms with E-state index < -0.39 is 0 Å². The monoisotopic (exact) mass is 1070 g/mol. The smallest absolute Gasteiger partial charge is 0.0780 e. The summed E-state index contributed by atoms with van der Waals surface area (Å²) in [5.41, 5.74) is 19.1. The first-order valence-electron chi connectivity index (χ1n) is 28.3. The maximum Gasteiger partial charge on any atom is 0.0780 e. The highest BCUT2D eigenvalue weighted by atomic mass is 14.7. The number of hydrogen-bond donors (Lipinski definition) is 0. The van der Waals surface area contributed by atoms with Crippen LogP contribution in [0.5, 0.6) is 0 Å². The Bertz CT molecular complexity index is 5460. The van der Waals surface area contributed by atoms with Gasteiger partial charge in [0.05, 0.1) is 55.9 Å². The number of pyridine rings is 6. The standard InChI is InChI=1S/C41H25N3.C37H23N3/c1-2-10-32-26(7-1)8-5-13-34(32)39-20-16-29-23-27(14-18-37(29)43-39)28-15-19-38-30(24-28)17-21-40(44-38)36-25-31-9-6-22-42-41(31)35-12-4-3-11-33(35)36;1-2-7-24(8-3-1)33-18-14-27-21-25(12-16-34(27)39-33)26-13-17-35-28(22-26)15-19-36(40-35)32-23-29-9-6-20-38-37(29)31-11-5-4-10-30(31)32/h1-25H;1-23H. The number of fused-ring (bicyclic) bond motifs is 11. The lowest BCUT2D eigenvalue weighted by molar-refractivity contribution is 1.40. The molecule has 0 amide bonds. The maximum atomic E-state index is 5.12. The first-order chi connectivity index (χ1) is 41.6. The normalized spacial score (nSPS) is 11.6. The number of aromatic nitrogens is 6. The molecule has 390 valence electrons. The maximum absolute atomic E-state index is 5.12. The van der Waals surface area contributed by atoms with Gasteiger partial charge in [-0.05, 0) is 141 Å². The van der Waals surface area contributed by atoms with E-state index >= 15 is 0 Å². The molecule has 0 atom stereocenters. The molecule has 17 rings (SSSR count). The highest BCUT2D eigenvalue weighted by Crippen LogP contribution is 2.38. The van der Waals surface area contributed by atoms with Crippen LogP contribution in [0.2, 0.25) is 0 Å². The zero-order valence-corrected chi connectivity index (χ0v) is 45.4. The van der Waals surface area contributed by atoms with Crippen LogP contribution in [-0.2, 0) is 0 Å². The van der Waals surface area contributed by atoms with Crippen molar-refractivity contribution in [1.82, 2.24) is 29.9 Å². The van der Waals surface area contributed by atoms with Crippen LogP contribution in [-0.4, -0.2) is 29.9 Å². The lowest BCUT2D eigenvalue weighted by Gasteiger charge is -2.11. The Labute approximate surface area is 483 Å². The summed E-state index contributed by atoms with van der Waals surface area (Å²) in [6, 6.07) is 98.0. The fourth-order valence-electron chi connectivity index (χ4n) is 12.1. The molecule has 0 aliphatic carbocycles. The molecular formula is C78H48N6. The third-order valence-electron chi connectivity index (χ3n) is 16.3. The van der Waals surface area contributed by atoms with Crippen molar-refractivity contribution in [3.63, 3.8) is 0 Å². The van der Waals surface area contributed by atoms with Crippen LogP contribution in [0.3, 0.4) is 0 Å². The first kappa shape index (κ1) is 48.6. The van der Waals surface area contributed by atoms with Gasteiger partial charge in [0, 0.05) is 77.7 Å². The Balaban J connectivity index is 0.000000138. The molecule has 84 heavy (non-hydrogen) atoms. The fourth-order valence-corrected chi connectivity index (χ4v) is 12.1. The van der Waals surface area contributed by atoms with Crippen LogP contribution in [0.1, 0.15) is 0 Å². The molecule has 6 nitrogen and oxygen atoms in total. The van der Waals surface area contributed by atoms with Gasteiger partial charge >= 0.3 is 0 Å². The minimum absolute atomic E-state index is 0.964. The van der Waals surface area contributed by atoms with Crippen LogP contribution in [0.15, 0.2) is 291 Å². The molecule has 0 unspecified atom stereocenters. The van der Waals surface area contributed by atoms with Crippen molar-refractivity contribution >= 4 is 97.7 Å². The Hall–Kier alpha value is -11.3. The Morgan fingerprint density at radius 1 is 0.190 bits per heavy atom. The van der Waals surface area contributed by atoms with Gasteiger partial charge in [0.1, 0.15) is 0 Å². The van der Waals surface area contributed by atoms with E-state index in [4.69, 9.17) is 19.9 Å². The predicted octanol–water partition coefficient (Wildman–Crippen LogP) is 20.1. The average Bonchev–Trinajstić information content (AvgIpc) is 1.97. The SMILES string of the molecule is c1ccc(-c2ccc3cc(-c4ccc5nc(-c6cc7cccnc7c7ccccc67)ccc5c4)ccc3n2)cc1.c1ccc2c(-c3ccc4cc(-c5ccc6nc(-c7cc8cccnc8c8ccccc78)ccc6c5)ccc4n3)cccc2c1. The van der Waals surface area contributed by atoms with Crippen LogP contribution in [0, 0.1) is 0 Å². The van der Waals surface area contributed by atoms with Crippen LogP contribution in [0.4, 0.5) is 0 Å². The second-order valence-corrected chi connectivity index (χ2v) is 21.4. The summed E-state index contributed by atoms with van der Waals surface area (Å²) in [5, 5.41) is 13.8. The second kappa shape index (κ2) is 20.3. The van der Waals surface area contributed by atoms with Gasteiger partial charge in [-0.1, -0.05) is 182 Å². The molecule has 6 heterocycles. The van der Waals surface area contributed by atoms with E-state index in [0.29, 0.717) is 0 Å². The van der Waals surface area contributed by atoms with Gasteiger partial charge in [-0.2, -0.15) is 0 Å². The van der Waals surface area contributed by atoms with E-state index in [1.165, 1.54) is 21.9 Å². The van der Waals surface area contributed by atoms with E-state index in [1.807, 2.05) is 42.7 Å². The van der Waals surface area contributed by atoms with Crippen molar-refractivity contribution in [3.05, 3.63) is 291 Å². The summed E-state index contributed by atoms with van der Waals surface area (Å²) in [7, 11) is 0. The van der Waals surface area contributed by atoms with Gasteiger partial charge in [0.15, 0.2) is 0 Å². The van der Waals surface area contributed by atoms with Crippen molar-refractivity contribution < 1.29 is 0 Å². The highest BCUT2D eigenvalue weighted by molar-refractivity contribution is 6.13. The Kier molecular flexibility index (Phi) is 11.8. The molecule has 0 saturated carbocycles. The summed E-state index contributed by atoms with van der Waals surface area (Å²) < 4.78 is 0. The third-order valence-corrected chi connectivity index (χ3v) is 16.3. The summed E-state index contributed by atoms with van der Waals surface area (Å²) in [4.78, 5) is 29.5. The largest absolute Gasteiger partial charge is 0.256 e. The zero-order chi connectivity index (χ0) is 55.5. The van der Waals surface area contributed by atoms with Crippen molar-refractivity contribution in [1.29, 1.82) is 0 Å². The van der Waals surface area contributed by atoms with Crippen molar-refractivity contribution in [2.75, 3.05) is 0 Å². The highest BCUT2D eigenvalue weighted by Gasteiger charge is 2.15. The lowest BCUT2D eigenvalue weighted by Crippen LogP contribution is -1.90. The molecule has 6 aromatic heterocycles. The number of benzene rings is 11. The molecule has 0 aliphatic rings. The van der Waals surface area contributed by atoms with Gasteiger partial charge in [0.2, 0.25) is 0 Å². The fraction of sp³-hybridized carbons (Fsp3) is 0.